The van der Waals surface area contributed by atoms with E-state index in [9.17, 15) is 4.79 Å². The molecule has 28 heavy (non-hydrogen) atoms. The van der Waals surface area contributed by atoms with Gasteiger partial charge in [-0.1, -0.05) is 62.8 Å². The second kappa shape index (κ2) is 14.7. The van der Waals surface area contributed by atoms with Crippen molar-refractivity contribution in [3.63, 3.8) is 0 Å². The van der Waals surface area contributed by atoms with Gasteiger partial charge < -0.3 is 21.1 Å². The number of nitrogen functional groups attached to an aromatic ring is 1. The van der Waals surface area contributed by atoms with Gasteiger partial charge in [0.2, 0.25) is 0 Å². The molecule has 0 saturated carbocycles. The number of benzene rings is 2. The zero-order valence-corrected chi connectivity index (χ0v) is 16.5. The second-order valence-corrected chi connectivity index (χ2v) is 6.78. The monoisotopic (exact) mass is 387 g/mol. The third-order valence-corrected chi connectivity index (χ3v) is 4.44. The van der Waals surface area contributed by atoms with Crippen LogP contribution < -0.4 is 5.73 Å². The number of aliphatic hydroxyl groups is 2. The smallest absolute Gasteiger partial charge is 0.335 e. The van der Waals surface area contributed by atoms with Crippen molar-refractivity contribution in [2.45, 2.75) is 51.4 Å². The van der Waals surface area contributed by atoms with E-state index in [0.717, 1.165) is 36.8 Å². The molecule has 5 N–H and O–H groups in total. The summed E-state index contributed by atoms with van der Waals surface area (Å²) in [7, 11) is 0. The van der Waals surface area contributed by atoms with Gasteiger partial charge >= 0.3 is 5.97 Å². The minimum absolute atomic E-state index is 0.291. The Balaban J connectivity index is 0.000000295. The van der Waals surface area contributed by atoms with Crippen molar-refractivity contribution in [2.75, 3.05) is 18.9 Å². The molecule has 0 aliphatic rings. The van der Waals surface area contributed by atoms with E-state index in [-0.39, 0.29) is 0 Å². The summed E-state index contributed by atoms with van der Waals surface area (Å²) in [4.78, 5) is 10.7. The van der Waals surface area contributed by atoms with Crippen molar-refractivity contribution >= 4 is 11.7 Å². The molecular weight excluding hydrogens is 354 g/mol. The Morgan fingerprint density at radius 2 is 1.00 bits per heavy atom. The number of carbonyl (C=O) groups is 1. The first-order valence-corrected chi connectivity index (χ1v) is 9.99. The van der Waals surface area contributed by atoms with Gasteiger partial charge in [-0.15, -0.1) is 0 Å². The first-order valence-electron chi connectivity index (χ1n) is 9.99. The molecule has 0 atom stereocenters. The molecule has 2 aromatic rings. The fourth-order valence-corrected chi connectivity index (χ4v) is 2.77. The highest BCUT2D eigenvalue weighted by molar-refractivity contribution is 5.88. The fourth-order valence-electron chi connectivity index (χ4n) is 2.77. The Hall–Kier alpha value is -2.37. The van der Waals surface area contributed by atoms with E-state index in [1.165, 1.54) is 25.7 Å². The topological polar surface area (TPSA) is 104 Å². The lowest BCUT2D eigenvalue weighted by Gasteiger charge is -2.02. The lowest BCUT2D eigenvalue weighted by Crippen LogP contribution is -1.94. The van der Waals surface area contributed by atoms with Crippen LogP contribution in [-0.2, 0) is 0 Å². The maximum absolute atomic E-state index is 10.7. The highest BCUT2D eigenvalue weighted by atomic mass is 16.4. The van der Waals surface area contributed by atoms with Gasteiger partial charge in [0, 0.05) is 18.9 Å². The van der Waals surface area contributed by atoms with Crippen LogP contribution in [0.3, 0.4) is 0 Å². The van der Waals surface area contributed by atoms with Gasteiger partial charge in [-0.05, 0) is 48.2 Å². The van der Waals surface area contributed by atoms with E-state index in [4.69, 9.17) is 21.1 Å². The summed E-state index contributed by atoms with van der Waals surface area (Å²) >= 11 is 0. The van der Waals surface area contributed by atoms with Gasteiger partial charge in [0.1, 0.15) is 0 Å². The van der Waals surface area contributed by atoms with E-state index in [2.05, 4.69) is 0 Å². The van der Waals surface area contributed by atoms with Crippen LogP contribution in [0.25, 0.3) is 11.1 Å². The van der Waals surface area contributed by atoms with E-state index in [0.29, 0.717) is 24.5 Å². The molecule has 5 nitrogen and oxygen atoms in total. The molecule has 0 saturated heterocycles. The molecule has 5 heteroatoms. The number of rotatable bonds is 11. The fraction of sp³-hybridized carbons (Fsp3) is 0.435. The number of carboxylic acids is 1. The van der Waals surface area contributed by atoms with Crippen molar-refractivity contribution in [1.29, 1.82) is 0 Å². The van der Waals surface area contributed by atoms with Gasteiger partial charge in [-0.25, -0.2) is 4.79 Å². The standard InChI is InChI=1S/C13H11NO2.C10H22O2/c14-12-7-5-10(6-8-12)9-1-3-11(4-2-9)13(15)16;11-9-7-5-3-1-2-4-6-8-10-12/h1-8H,14H2,(H,15,16);11-12H,1-10H2. The van der Waals surface area contributed by atoms with Crippen molar-refractivity contribution < 1.29 is 20.1 Å². The summed E-state index contributed by atoms with van der Waals surface area (Å²) in [5, 5.41) is 25.8. The largest absolute Gasteiger partial charge is 0.478 e. The van der Waals surface area contributed by atoms with Crippen LogP contribution >= 0.6 is 0 Å². The Labute approximate surface area is 167 Å². The van der Waals surface area contributed by atoms with Crippen LogP contribution in [0.15, 0.2) is 48.5 Å². The molecule has 0 radical (unpaired) electrons. The van der Waals surface area contributed by atoms with Gasteiger partial charge in [0.15, 0.2) is 0 Å². The molecule has 0 bridgehead atoms. The summed E-state index contributed by atoms with van der Waals surface area (Å²) in [6, 6.07) is 14.2. The summed E-state index contributed by atoms with van der Waals surface area (Å²) in [6.45, 7) is 0.676. The highest BCUT2D eigenvalue weighted by Crippen LogP contribution is 2.20. The van der Waals surface area contributed by atoms with Crippen LogP contribution in [0.5, 0.6) is 0 Å². The number of unbranched alkanes of at least 4 members (excludes halogenated alkanes) is 7. The third-order valence-electron chi connectivity index (χ3n) is 4.44. The zero-order valence-electron chi connectivity index (χ0n) is 16.5. The van der Waals surface area contributed by atoms with Gasteiger partial charge in [0.25, 0.3) is 0 Å². The van der Waals surface area contributed by atoms with Crippen molar-refractivity contribution in [3.8, 4) is 11.1 Å². The molecule has 0 unspecified atom stereocenters. The van der Waals surface area contributed by atoms with Crippen LogP contribution in [-0.4, -0.2) is 34.5 Å². The predicted octanol–water partition coefficient (Wildman–Crippen LogP) is 4.73. The molecule has 2 aromatic carbocycles. The lowest BCUT2D eigenvalue weighted by atomic mass is 10.0. The van der Waals surface area contributed by atoms with Crippen LogP contribution in [0.4, 0.5) is 5.69 Å². The normalized spacial score (nSPS) is 10.2. The Kier molecular flexibility index (Phi) is 12.4. The summed E-state index contributed by atoms with van der Waals surface area (Å²) in [5.41, 5.74) is 8.59. The third kappa shape index (κ3) is 10.1. The lowest BCUT2D eigenvalue weighted by molar-refractivity contribution is 0.0697. The maximum Gasteiger partial charge on any atom is 0.335 e. The number of hydrogen-bond acceptors (Lipinski definition) is 4. The van der Waals surface area contributed by atoms with Crippen molar-refractivity contribution in [2.24, 2.45) is 0 Å². The summed E-state index contributed by atoms with van der Waals surface area (Å²) in [6.07, 6.45) is 9.30. The summed E-state index contributed by atoms with van der Waals surface area (Å²) < 4.78 is 0. The molecule has 0 heterocycles. The molecule has 0 fully saturated rings. The maximum atomic E-state index is 10.7. The molecular formula is C23H33NO4. The molecule has 0 amide bonds. The van der Waals surface area contributed by atoms with Crippen molar-refractivity contribution in [3.05, 3.63) is 54.1 Å². The minimum Gasteiger partial charge on any atom is -0.478 e. The molecule has 0 aliphatic heterocycles. The SMILES string of the molecule is Nc1ccc(-c2ccc(C(=O)O)cc2)cc1.OCCCCCCCCCCO. The van der Waals surface area contributed by atoms with Gasteiger partial charge in [0.05, 0.1) is 5.56 Å². The molecule has 0 aromatic heterocycles. The van der Waals surface area contributed by atoms with E-state index in [1.807, 2.05) is 24.3 Å². The number of carboxylic acid groups (broad SMARTS) is 1. The van der Waals surface area contributed by atoms with E-state index in [1.54, 1.807) is 24.3 Å². The van der Waals surface area contributed by atoms with E-state index < -0.39 is 5.97 Å². The Morgan fingerprint density at radius 3 is 1.36 bits per heavy atom. The minimum atomic E-state index is -0.913. The number of hydrogen-bond donors (Lipinski definition) is 4. The van der Waals surface area contributed by atoms with Gasteiger partial charge in [-0.2, -0.15) is 0 Å². The zero-order chi connectivity index (χ0) is 20.6. The predicted molar refractivity (Wildman–Crippen MR) is 114 cm³/mol. The number of nitrogens with two attached hydrogens (primary N) is 1. The van der Waals surface area contributed by atoms with Crippen LogP contribution in [0, 0.1) is 0 Å². The second-order valence-electron chi connectivity index (χ2n) is 6.78. The van der Waals surface area contributed by atoms with Gasteiger partial charge in [-0.3, -0.25) is 0 Å². The quantitative estimate of drug-likeness (QED) is 0.330. The number of aromatic carboxylic acids is 1. The molecule has 0 spiro atoms. The highest BCUT2D eigenvalue weighted by Gasteiger charge is 2.02. The number of aliphatic hydroxyl groups excluding tert-OH is 2. The first-order chi connectivity index (χ1) is 13.6. The van der Waals surface area contributed by atoms with Crippen molar-refractivity contribution in [1.82, 2.24) is 0 Å². The molecule has 2 rings (SSSR count). The van der Waals surface area contributed by atoms with Crippen LogP contribution in [0.1, 0.15) is 61.7 Å². The van der Waals surface area contributed by atoms with Crippen LogP contribution in [0.2, 0.25) is 0 Å². The average Bonchev–Trinajstić information content (AvgIpc) is 2.71. The Morgan fingerprint density at radius 1 is 0.643 bits per heavy atom. The number of anilines is 1. The average molecular weight is 388 g/mol. The molecule has 0 aliphatic carbocycles. The first kappa shape index (κ1) is 23.7. The summed E-state index contributed by atoms with van der Waals surface area (Å²) in [5.74, 6) is -0.913. The Bertz CT molecular complexity index is 643. The van der Waals surface area contributed by atoms with E-state index >= 15 is 0 Å². The molecule has 154 valence electrons.